The standard InChI is InChI=1S/C17H19NO4/c1-12(19)14-7-4-8-15(10-14)18-16(20)11-22-17(21)9-13-5-2-3-6-13/h2,4-5,7-8,10,13H,3,6,9,11H2,1H3,(H,18,20)/t13-/m1/s1. The van der Waals surface area contributed by atoms with Gasteiger partial charge < -0.3 is 10.1 Å². The van der Waals surface area contributed by atoms with Crippen molar-refractivity contribution >= 4 is 23.3 Å². The summed E-state index contributed by atoms with van der Waals surface area (Å²) in [6.07, 6.45) is 6.31. The molecule has 22 heavy (non-hydrogen) atoms. The van der Waals surface area contributed by atoms with Crippen molar-refractivity contribution in [3.05, 3.63) is 42.0 Å². The van der Waals surface area contributed by atoms with Crippen molar-refractivity contribution in [3.8, 4) is 0 Å². The largest absolute Gasteiger partial charge is 0.456 e. The quantitative estimate of drug-likeness (QED) is 0.498. The van der Waals surface area contributed by atoms with Crippen molar-refractivity contribution in [2.75, 3.05) is 11.9 Å². The predicted octanol–water partition coefficient (Wildman–Crippen LogP) is 2.73. The lowest BCUT2D eigenvalue weighted by molar-refractivity contribution is -0.147. The number of allylic oxidation sites excluding steroid dienone is 2. The number of rotatable bonds is 6. The van der Waals surface area contributed by atoms with Crippen LogP contribution in [0.2, 0.25) is 0 Å². The molecule has 0 spiro atoms. The van der Waals surface area contributed by atoms with E-state index in [4.69, 9.17) is 4.74 Å². The lowest BCUT2D eigenvalue weighted by atomic mass is 10.1. The zero-order valence-corrected chi connectivity index (χ0v) is 12.5. The number of anilines is 1. The van der Waals surface area contributed by atoms with E-state index in [-0.39, 0.29) is 24.3 Å². The summed E-state index contributed by atoms with van der Waals surface area (Å²) in [6, 6.07) is 6.62. The first-order valence-electron chi connectivity index (χ1n) is 7.28. The third kappa shape index (κ3) is 4.84. The molecule has 1 amide bonds. The molecule has 0 aliphatic heterocycles. The molecule has 0 heterocycles. The molecule has 0 aromatic heterocycles. The Bertz CT molecular complexity index is 606. The highest BCUT2D eigenvalue weighted by molar-refractivity contribution is 5.97. The Labute approximate surface area is 129 Å². The number of carbonyl (C=O) groups excluding carboxylic acids is 3. The average Bonchev–Trinajstić information content (AvgIpc) is 2.98. The Morgan fingerprint density at radius 2 is 2.14 bits per heavy atom. The molecule has 5 nitrogen and oxygen atoms in total. The third-order valence-electron chi connectivity index (χ3n) is 3.46. The van der Waals surface area contributed by atoms with E-state index in [0.29, 0.717) is 17.7 Å². The Morgan fingerprint density at radius 1 is 1.32 bits per heavy atom. The minimum atomic E-state index is -0.420. The summed E-state index contributed by atoms with van der Waals surface area (Å²) in [7, 11) is 0. The number of amides is 1. The van der Waals surface area contributed by atoms with Gasteiger partial charge in [0.25, 0.3) is 5.91 Å². The summed E-state index contributed by atoms with van der Waals surface area (Å²) in [5.41, 5.74) is 1.02. The topological polar surface area (TPSA) is 72.5 Å². The molecule has 1 aromatic rings. The first-order chi connectivity index (χ1) is 10.5. The highest BCUT2D eigenvalue weighted by Gasteiger charge is 2.16. The molecule has 0 saturated carbocycles. The molecule has 1 atom stereocenters. The molecule has 0 radical (unpaired) electrons. The second-order valence-corrected chi connectivity index (χ2v) is 5.32. The van der Waals surface area contributed by atoms with Gasteiger partial charge in [0.05, 0.1) is 6.42 Å². The van der Waals surface area contributed by atoms with E-state index in [1.165, 1.54) is 6.92 Å². The maximum absolute atomic E-state index is 11.7. The molecule has 0 bridgehead atoms. The number of ether oxygens (including phenoxy) is 1. The minimum Gasteiger partial charge on any atom is -0.456 e. The minimum absolute atomic E-state index is 0.0767. The van der Waals surface area contributed by atoms with Crippen LogP contribution in [0.25, 0.3) is 0 Å². The summed E-state index contributed by atoms with van der Waals surface area (Å²) in [4.78, 5) is 34.6. The van der Waals surface area contributed by atoms with Gasteiger partial charge >= 0.3 is 5.97 Å². The van der Waals surface area contributed by atoms with Crippen LogP contribution in [0.4, 0.5) is 5.69 Å². The number of hydrogen-bond acceptors (Lipinski definition) is 4. The van der Waals surface area contributed by atoms with Crippen LogP contribution in [0.5, 0.6) is 0 Å². The highest BCUT2D eigenvalue weighted by Crippen LogP contribution is 2.20. The van der Waals surface area contributed by atoms with Gasteiger partial charge in [-0.05, 0) is 37.8 Å². The smallest absolute Gasteiger partial charge is 0.306 e. The van der Waals surface area contributed by atoms with Crippen LogP contribution in [0, 0.1) is 5.92 Å². The van der Waals surface area contributed by atoms with E-state index in [9.17, 15) is 14.4 Å². The first kappa shape index (κ1) is 15.9. The molecule has 2 rings (SSSR count). The molecule has 0 unspecified atom stereocenters. The second-order valence-electron chi connectivity index (χ2n) is 5.32. The average molecular weight is 301 g/mol. The van der Waals surface area contributed by atoms with Crippen molar-refractivity contribution in [3.63, 3.8) is 0 Å². The predicted molar refractivity (Wildman–Crippen MR) is 82.5 cm³/mol. The number of nitrogens with one attached hydrogen (secondary N) is 1. The van der Waals surface area contributed by atoms with Crippen LogP contribution in [0.15, 0.2) is 36.4 Å². The van der Waals surface area contributed by atoms with E-state index in [1.54, 1.807) is 24.3 Å². The maximum Gasteiger partial charge on any atom is 0.306 e. The van der Waals surface area contributed by atoms with Crippen LogP contribution in [-0.2, 0) is 14.3 Å². The first-order valence-corrected chi connectivity index (χ1v) is 7.28. The van der Waals surface area contributed by atoms with Gasteiger partial charge in [0.15, 0.2) is 12.4 Å². The van der Waals surface area contributed by atoms with Crippen molar-refractivity contribution in [1.82, 2.24) is 0 Å². The zero-order valence-electron chi connectivity index (χ0n) is 12.5. The molecule has 1 N–H and O–H groups in total. The van der Waals surface area contributed by atoms with E-state index in [2.05, 4.69) is 5.32 Å². The number of esters is 1. The summed E-state index contributed by atoms with van der Waals surface area (Å²) >= 11 is 0. The van der Waals surface area contributed by atoms with Gasteiger partial charge in [-0.3, -0.25) is 14.4 Å². The van der Waals surface area contributed by atoms with Crippen molar-refractivity contribution < 1.29 is 19.1 Å². The molecule has 0 saturated heterocycles. The summed E-state index contributed by atoms with van der Waals surface area (Å²) in [5, 5.41) is 2.60. The van der Waals surface area contributed by atoms with Crippen LogP contribution in [0.3, 0.4) is 0 Å². The molecule has 1 aromatic carbocycles. The van der Waals surface area contributed by atoms with E-state index in [0.717, 1.165) is 12.8 Å². The van der Waals surface area contributed by atoms with Crippen molar-refractivity contribution in [1.29, 1.82) is 0 Å². The lowest BCUT2D eigenvalue weighted by Crippen LogP contribution is -2.21. The summed E-state index contributed by atoms with van der Waals surface area (Å²) < 4.78 is 4.96. The summed E-state index contributed by atoms with van der Waals surface area (Å²) in [5.74, 6) is -0.643. The molecular weight excluding hydrogens is 282 g/mol. The normalized spacial score (nSPS) is 16.3. The molecule has 1 aliphatic rings. The molecule has 1 aliphatic carbocycles. The number of hydrogen-bond donors (Lipinski definition) is 1. The molecule has 0 fully saturated rings. The number of ketones is 1. The van der Waals surface area contributed by atoms with Gasteiger partial charge in [0.1, 0.15) is 0 Å². The fraction of sp³-hybridized carbons (Fsp3) is 0.353. The zero-order chi connectivity index (χ0) is 15.9. The molecule has 5 heteroatoms. The highest BCUT2D eigenvalue weighted by atomic mass is 16.5. The number of benzene rings is 1. The Kier molecular flexibility index (Phi) is 5.47. The van der Waals surface area contributed by atoms with Crippen LogP contribution >= 0.6 is 0 Å². The van der Waals surface area contributed by atoms with Gasteiger partial charge in [-0.1, -0.05) is 24.3 Å². The lowest BCUT2D eigenvalue weighted by Gasteiger charge is -2.09. The second kappa shape index (κ2) is 7.54. The van der Waals surface area contributed by atoms with Gasteiger partial charge in [0, 0.05) is 11.3 Å². The van der Waals surface area contributed by atoms with E-state index in [1.807, 2.05) is 12.2 Å². The van der Waals surface area contributed by atoms with Gasteiger partial charge in [0.2, 0.25) is 0 Å². The van der Waals surface area contributed by atoms with Crippen LogP contribution < -0.4 is 5.32 Å². The maximum atomic E-state index is 11.7. The number of Topliss-reactive ketones (excluding diaryl/α,β-unsaturated/α-hetero) is 1. The Hall–Kier alpha value is -2.43. The fourth-order valence-electron chi connectivity index (χ4n) is 2.30. The van der Waals surface area contributed by atoms with Crippen molar-refractivity contribution in [2.24, 2.45) is 5.92 Å². The van der Waals surface area contributed by atoms with E-state index >= 15 is 0 Å². The fourth-order valence-corrected chi connectivity index (χ4v) is 2.30. The van der Waals surface area contributed by atoms with Gasteiger partial charge in [-0.2, -0.15) is 0 Å². The molecular formula is C17H19NO4. The SMILES string of the molecule is CC(=O)c1cccc(NC(=O)COC(=O)C[C@@H]2C=CCC2)c1. The van der Waals surface area contributed by atoms with Crippen LogP contribution in [-0.4, -0.2) is 24.3 Å². The van der Waals surface area contributed by atoms with Gasteiger partial charge in [-0.15, -0.1) is 0 Å². The van der Waals surface area contributed by atoms with E-state index < -0.39 is 5.91 Å². The number of carbonyl (C=O) groups is 3. The summed E-state index contributed by atoms with van der Waals surface area (Å²) in [6.45, 7) is 1.14. The van der Waals surface area contributed by atoms with Crippen LogP contribution in [0.1, 0.15) is 36.5 Å². The Balaban J connectivity index is 1.77. The molecule has 116 valence electrons. The Morgan fingerprint density at radius 3 is 2.82 bits per heavy atom. The third-order valence-corrected chi connectivity index (χ3v) is 3.46. The van der Waals surface area contributed by atoms with Crippen molar-refractivity contribution in [2.45, 2.75) is 26.2 Å². The monoisotopic (exact) mass is 301 g/mol. The van der Waals surface area contributed by atoms with Gasteiger partial charge in [-0.25, -0.2) is 0 Å².